The Balaban J connectivity index is 2.02. The summed E-state index contributed by atoms with van der Waals surface area (Å²) in [6, 6.07) is 10.4. The third-order valence-corrected chi connectivity index (χ3v) is 3.18. The smallest absolute Gasteiger partial charge is 0.410 e. The molecule has 1 aromatic rings. The fourth-order valence-electron chi connectivity index (χ4n) is 2.22. The first kappa shape index (κ1) is 13.6. The van der Waals surface area contributed by atoms with Gasteiger partial charge in [0.05, 0.1) is 6.04 Å². The third kappa shape index (κ3) is 3.83. The van der Waals surface area contributed by atoms with Crippen LogP contribution in [0.25, 0.3) is 0 Å². The van der Waals surface area contributed by atoms with E-state index in [0.717, 1.165) is 19.5 Å². The molecule has 0 radical (unpaired) electrons. The second kappa shape index (κ2) is 6.95. The predicted octanol–water partition coefficient (Wildman–Crippen LogP) is 2.35. The van der Waals surface area contributed by atoms with Crippen LogP contribution in [0.1, 0.15) is 18.0 Å². The number of amides is 1. The number of ether oxygens (including phenoxy) is 1. The first-order valence-electron chi connectivity index (χ1n) is 6.62. The van der Waals surface area contributed by atoms with Crippen molar-refractivity contribution >= 4 is 6.09 Å². The lowest BCUT2D eigenvalue weighted by molar-refractivity contribution is 0.111. The van der Waals surface area contributed by atoms with Crippen molar-refractivity contribution in [3.63, 3.8) is 0 Å². The number of benzene rings is 1. The van der Waals surface area contributed by atoms with Crippen molar-refractivity contribution in [2.45, 2.75) is 12.5 Å². The molecule has 1 heterocycles. The highest BCUT2D eigenvalue weighted by Crippen LogP contribution is 2.17. The Kier molecular flexibility index (Phi) is 4.98. The lowest BCUT2D eigenvalue weighted by Crippen LogP contribution is -2.36. The molecular formula is C15H20N2O2. The fraction of sp³-hybridized carbons (Fsp3) is 0.400. The summed E-state index contributed by atoms with van der Waals surface area (Å²) in [5.74, 6) is 0. The first-order valence-corrected chi connectivity index (χ1v) is 6.62. The van der Waals surface area contributed by atoms with E-state index < -0.39 is 0 Å². The van der Waals surface area contributed by atoms with Gasteiger partial charge in [0, 0.05) is 13.1 Å². The summed E-state index contributed by atoms with van der Waals surface area (Å²) in [4.78, 5) is 13.7. The fourth-order valence-corrected chi connectivity index (χ4v) is 2.22. The summed E-state index contributed by atoms with van der Waals surface area (Å²) in [5.41, 5.74) is 1.20. The zero-order valence-corrected chi connectivity index (χ0v) is 11.0. The Morgan fingerprint density at radius 1 is 1.47 bits per heavy atom. The third-order valence-electron chi connectivity index (χ3n) is 3.18. The Bertz CT molecular complexity index is 419. The van der Waals surface area contributed by atoms with E-state index in [1.807, 2.05) is 18.2 Å². The van der Waals surface area contributed by atoms with Crippen LogP contribution in [0.4, 0.5) is 4.79 Å². The Hall–Kier alpha value is -1.81. The normalized spacial score (nSPS) is 19.6. The number of nitrogens with zero attached hydrogens (tertiary/aromatic N) is 1. The average Bonchev–Trinajstić information content (AvgIpc) is 2.71. The maximum Gasteiger partial charge on any atom is 0.410 e. The van der Waals surface area contributed by atoms with Crippen molar-refractivity contribution in [1.82, 2.24) is 10.2 Å². The van der Waals surface area contributed by atoms with Crippen molar-refractivity contribution in [2.75, 3.05) is 26.2 Å². The molecule has 1 unspecified atom stereocenters. The number of hydrogen-bond donors (Lipinski definition) is 1. The van der Waals surface area contributed by atoms with Crippen molar-refractivity contribution in [2.24, 2.45) is 0 Å². The topological polar surface area (TPSA) is 41.6 Å². The second-order valence-corrected chi connectivity index (χ2v) is 4.58. The average molecular weight is 260 g/mol. The molecule has 1 aromatic carbocycles. The van der Waals surface area contributed by atoms with Crippen LogP contribution in [0.15, 0.2) is 43.0 Å². The standard InChI is InChI=1S/C15H20N2O2/c1-2-11-19-15(18)17-10-6-9-16-14(12-17)13-7-4-3-5-8-13/h2-5,7-8,14,16H,1,6,9-12H2. The molecule has 1 fully saturated rings. The lowest BCUT2D eigenvalue weighted by Gasteiger charge is -2.24. The molecule has 0 spiro atoms. The monoisotopic (exact) mass is 260 g/mol. The molecule has 0 saturated carbocycles. The number of carbonyl (C=O) groups excluding carboxylic acids is 1. The van der Waals surface area contributed by atoms with Gasteiger partial charge in [-0.25, -0.2) is 4.79 Å². The molecule has 0 aromatic heterocycles. The van der Waals surface area contributed by atoms with Crippen LogP contribution < -0.4 is 5.32 Å². The van der Waals surface area contributed by atoms with E-state index in [9.17, 15) is 4.79 Å². The molecule has 1 aliphatic rings. The van der Waals surface area contributed by atoms with Gasteiger partial charge in [-0.1, -0.05) is 43.0 Å². The van der Waals surface area contributed by atoms with E-state index in [-0.39, 0.29) is 18.7 Å². The molecule has 1 amide bonds. The number of carbonyl (C=O) groups is 1. The van der Waals surface area contributed by atoms with E-state index in [4.69, 9.17) is 4.74 Å². The van der Waals surface area contributed by atoms with Gasteiger partial charge < -0.3 is 15.0 Å². The van der Waals surface area contributed by atoms with Crippen LogP contribution in [0.3, 0.4) is 0 Å². The first-order chi connectivity index (χ1) is 9.31. The quantitative estimate of drug-likeness (QED) is 0.848. The summed E-state index contributed by atoms with van der Waals surface area (Å²) in [7, 11) is 0. The summed E-state index contributed by atoms with van der Waals surface area (Å²) in [6.45, 7) is 6.09. The minimum absolute atomic E-state index is 0.167. The van der Waals surface area contributed by atoms with Gasteiger partial charge in [-0.3, -0.25) is 0 Å². The van der Waals surface area contributed by atoms with Gasteiger partial charge >= 0.3 is 6.09 Å². The molecule has 0 aliphatic carbocycles. The summed E-state index contributed by atoms with van der Waals surface area (Å²) in [6.07, 6.45) is 2.26. The maximum atomic E-state index is 11.9. The maximum absolute atomic E-state index is 11.9. The molecule has 0 bridgehead atoms. The van der Waals surface area contributed by atoms with Crippen molar-refractivity contribution < 1.29 is 9.53 Å². The van der Waals surface area contributed by atoms with Gasteiger partial charge in [0.15, 0.2) is 0 Å². The van der Waals surface area contributed by atoms with Crippen LogP contribution in [-0.4, -0.2) is 37.2 Å². The summed E-state index contributed by atoms with van der Waals surface area (Å²) in [5, 5.41) is 3.47. The predicted molar refractivity (Wildman–Crippen MR) is 74.9 cm³/mol. The SMILES string of the molecule is C=CCOC(=O)N1CCCNC(c2ccccc2)C1. The van der Waals surface area contributed by atoms with E-state index in [2.05, 4.69) is 24.0 Å². The molecule has 1 N–H and O–H groups in total. The van der Waals surface area contributed by atoms with Gasteiger partial charge in [-0.05, 0) is 18.5 Å². The van der Waals surface area contributed by atoms with Crippen molar-refractivity contribution in [3.8, 4) is 0 Å². The van der Waals surface area contributed by atoms with Crippen LogP contribution in [0.2, 0.25) is 0 Å². The largest absolute Gasteiger partial charge is 0.445 e. The van der Waals surface area contributed by atoms with E-state index in [1.165, 1.54) is 5.56 Å². The zero-order valence-electron chi connectivity index (χ0n) is 11.0. The van der Waals surface area contributed by atoms with E-state index in [0.29, 0.717) is 6.54 Å². The number of hydrogen-bond acceptors (Lipinski definition) is 3. The Morgan fingerprint density at radius 2 is 2.26 bits per heavy atom. The van der Waals surface area contributed by atoms with Crippen LogP contribution in [0, 0.1) is 0 Å². The van der Waals surface area contributed by atoms with Gasteiger partial charge in [-0.2, -0.15) is 0 Å². The molecule has 1 saturated heterocycles. The molecule has 4 heteroatoms. The molecule has 19 heavy (non-hydrogen) atoms. The molecule has 1 atom stereocenters. The van der Waals surface area contributed by atoms with Gasteiger partial charge in [0.2, 0.25) is 0 Å². The summed E-state index contributed by atoms with van der Waals surface area (Å²) < 4.78 is 5.11. The van der Waals surface area contributed by atoms with Gasteiger partial charge in [-0.15, -0.1) is 0 Å². The zero-order chi connectivity index (χ0) is 13.5. The minimum atomic E-state index is -0.260. The van der Waals surface area contributed by atoms with Gasteiger partial charge in [0.1, 0.15) is 6.61 Å². The van der Waals surface area contributed by atoms with Gasteiger partial charge in [0.25, 0.3) is 0 Å². The van der Waals surface area contributed by atoms with E-state index >= 15 is 0 Å². The van der Waals surface area contributed by atoms with Crippen LogP contribution >= 0.6 is 0 Å². The number of nitrogens with one attached hydrogen (secondary N) is 1. The highest BCUT2D eigenvalue weighted by Gasteiger charge is 2.23. The van der Waals surface area contributed by atoms with Crippen LogP contribution in [0.5, 0.6) is 0 Å². The molecule has 1 aliphatic heterocycles. The lowest BCUT2D eigenvalue weighted by atomic mass is 10.1. The van der Waals surface area contributed by atoms with E-state index in [1.54, 1.807) is 11.0 Å². The second-order valence-electron chi connectivity index (χ2n) is 4.58. The molecule has 4 nitrogen and oxygen atoms in total. The highest BCUT2D eigenvalue weighted by molar-refractivity contribution is 5.67. The van der Waals surface area contributed by atoms with Crippen molar-refractivity contribution in [3.05, 3.63) is 48.6 Å². The highest BCUT2D eigenvalue weighted by atomic mass is 16.6. The van der Waals surface area contributed by atoms with Crippen molar-refractivity contribution in [1.29, 1.82) is 0 Å². The minimum Gasteiger partial charge on any atom is -0.445 e. The molecular weight excluding hydrogens is 240 g/mol. The Labute approximate surface area is 114 Å². The Morgan fingerprint density at radius 3 is 3.00 bits per heavy atom. The molecule has 102 valence electrons. The number of rotatable bonds is 3. The van der Waals surface area contributed by atoms with Crippen LogP contribution in [-0.2, 0) is 4.74 Å². The molecule has 2 rings (SSSR count). The summed E-state index contributed by atoms with van der Waals surface area (Å²) >= 11 is 0.